The Morgan fingerprint density at radius 2 is 1.92 bits per heavy atom. The zero-order valence-corrected chi connectivity index (χ0v) is 15.3. The van der Waals surface area contributed by atoms with Crippen LogP contribution in [-0.4, -0.2) is 11.7 Å². The van der Waals surface area contributed by atoms with Crippen molar-refractivity contribution < 1.29 is 9.59 Å². The smallest absolute Gasteiger partial charge is 0.224 e. The molecule has 0 aromatic heterocycles. The lowest BCUT2D eigenvalue weighted by Gasteiger charge is -2.12. The quantitative estimate of drug-likeness (QED) is 0.728. The number of nitrogens with one attached hydrogen (secondary N) is 2. The minimum atomic E-state index is -0.0633. The van der Waals surface area contributed by atoms with Crippen molar-refractivity contribution in [3.05, 3.63) is 59.2 Å². The molecule has 2 aromatic rings. The second-order valence-electron chi connectivity index (χ2n) is 6.63. The third-order valence-electron chi connectivity index (χ3n) is 3.82. The van der Waals surface area contributed by atoms with E-state index in [-0.39, 0.29) is 11.7 Å². The number of anilines is 2. The summed E-state index contributed by atoms with van der Waals surface area (Å²) in [5.74, 6) is 0.231. The van der Waals surface area contributed by atoms with Crippen molar-refractivity contribution in [3.63, 3.8) is 0 Å². The Hall–Kier alpha value is -3.13. The van der Waals surface area contributed by atoms with Crippen LogP contribution in [0.15, 0.2) is 42.5 Å². The number of benzene rings is 2. The molecule has 0 radical (unpaired) electrons. The van der Waals surface area contributed by atoms with Crippen molar-refractivity contribution in [1.29, 1.82) is 5.26 Å². The predicted molar refractivity (Wildman–Crippen MR) is 103 cm³/mol. The van der Waals surface area contributed by atoms with E-state index < -0.39 is 0 Å². The molecule has 1 amide bonds. The summed E-state index contributed by atoms with van der Waals surface area (Å²) >= 11 is 0. The minimum absolute atomic E-state index is 0.00861. The van der Waals surface area contributed by atoms with E-state index in [0.29, 0.717) is 35.7 Å². The molecule has 0 unspecified atom stereocenters. The Morgan fingerprint density at radius 1 is 1.15 bits per heavy atom. The zero-order valence-electron chi connectivity index (χ0n) is 15.3. The Balaban J connectivity index is 2.11. The lowest BCUT2D eigenvalue weighted by molar-refractivity contribution is -0.116. The number of carbonyl (C=O) groups excluding carboxylic acids is 2. The van der Waals surface area contributed by atoms with E-state index in [0.717, 1.165) is 11.3 Å². The van der Waals surface area contributed by atoms with Gasteiger partial charge in [-0.1, -0.05) is 26.0 Å². The SMILES string of the molecule is CC(=O)c1ccc(C#N)cc1NCc1cccc(NC(=O)CC(C)C)c1. The average molecular weight is 349 g/mol. The molecular formula is C21H23N3O2. The highest BCUT2D eigenvalue weighted by Crippen LogP contribution is 2.20. The van der Waals surface area contributed by atoms with Crippen molar-refractivity contribution in [2.75, 3.05) is 10.6 Å². The number of amides is 1. The number of carbonyl (C=O) groups is 2. The van der Waals surface area contributed by atoms with Crippen molar-refractivity contribution in [2.24, 2.45) is 5.92 Å². The van der Waals surface area contributed by atoms with Gasteiger partial charge in [0.15, 0.2) is 5.78 Å². The Morgan fingerprint density at radius 3 is 2.58 bits per heavy atom. The van der Waals surface area contributed by atoms with Gasteiger partial charge in [0.2, 0.25) is 5.91 Å². The van der Waals surface area contributed by atoms with Crippen molar-refractivity contribution in [1.82, 2.24) is 0 Å². The summed E-state index contributed by atoms with van der Waals surface area (Å²) in [6, 6.07) is 14.6. The standard InChI is InChI=1S/C21H23N3O2/c1-14(2)9-21(26)24-18-6-4-5-17(10-18)13-23-20-11-16(12-22)7-8-19(20)15(3)25/h4-8,10-11,14,23H,9,13H2,1-3H3,(H,24,26). The summed E-state index contributed by atoms with van der Waals surface area (Å²) in [4.78, 5) is 23.7. The molecule has 0 saturated heterocycles. The fourth-order valence-electron chi connectivity index (χ4n) is 2.61. The Labute approximate surface area is 154 Å². The average Bonchev–Trinajstić information content (AvgIpc) is 2.59. The first-order chi connectivity index (χ1) is 12.4. The van der Waals surface area contributed by atoms with Crippen LogP contribution >= 0.6 is 0 Å². The Bertz CT molecular complexity index is 851. The number of Topliss-reactive ketones (excluding diaryl/α,β-unsaturated/α-hetero) is 1. The molecule has 134 valence electrons. The van der Waals surface area contributed by atoms with Gasteiger partial charge >= 0.3 is 0 Å². The van der Waals surface area contributed by atoms with E-state index in [9.17, 15) is 9.59 Å². The predicted octanol–water partition coefficient (Wildman–Crippen LogP) is 4.36. The van der Waals surface area contributed by atoms with E-state index in [2.05, 4.69) is 16.7 Å². The summed E-state index contributed by atoms with van der Waals surface area (Å²) in [5.41, 5.74) is 3.38. The number of hydrogen-bond acceptors (Lipinski definition) is 4. The van der Waals surface area contributed by atoms with Crippen LogP contribution in [-0.2, 0) is 11.3 Å². The molecule has 0 atom stereocenters. The number of rotatable bonds is 7. The molecule has 5 nitrogen and oxygen atoms in total. The molecule has 0 bridgehead atoms. The first-order valence-electron chi connectivity index (χ1n) is 8.56. The summed E-state index contributed by atoms with van der Waals surface area (Å²) in [5, 5.41) is 15.2. The van der Waals surface area contributed by atoms with Crippen LogP contribution in [0.5, 0.6) is 0 Å². The second kappa shape index (κ2) is 8.82. The molecule has 26 heavy (non-hydrogen) atoms. The zero-order chi connectivity index (χ0) is 19.1. The molecule has 0 spiro atoms. The maximum Gasteiger partial charge on any atom is 0.224 e. The molecule has 0 fully saturated rings. The van der Waals surface area contributed by atoms with E-state index in [4.69, 9.17) is 5.26 Å². The van der Waals surface area contributed by atoms with Gasteiger partial charge in [0.1, 0.15) is 0 Å². The number of hydrogen-bond donors (Lipinski definition) is 2. The molecule has 0 heterocycles. The highest BCUT2D eigenvalue weighted by Gasteiger charge is 2.09. The summed E-state index contributed by atoms with van der Waals surface area (Å²) < 4.78 is 0. The van der Waals surface area contributed by atoms with Crippen molar-refractivity contribution in [3.8, 4) is 6.07 Å². The van der Waals surface area contributed by atoms with Gasteiger partial charge in [0.05, 0.1) is 11.6 Å². The maximum absolute atomic E-state index is 11.9. The van der Waals surface area contributed by atoms with Crippen LogP contribution in [0.25, 0.3) is 0 Å². The van der Waals surface area contributed by atoms with Crippen LogP contribution in [0.1, 0.15) is 48.7 Å². The summed E-state index contributed by atoms with van der Waals surface area (Å²) in [7, 11) is 0. The van der Waals surface area contributed by atoms with Crippen molar-refractivity contribution in [2.45, 2.75) is 33.7 Å². The summed E-state index contributed by atoms with van der Waals surface area (Å²) in [6.07, 6.45) is 0.478. The fraction of sp³-hybridized carbons (Fsp3) is 0.286. The normalized spacial score (nSPS) is 10.3. The van der Waals surface area contributed by atoms with Gasteiger partial charge in [-0.05, 0) is 48.7 Å². The third-order valence-corrected chi connectivity index (χ3v) is 3.82. The van der Waals surface area contributed by atoms with Gasteiger partial charge < -0.3 is 10.6 Å². The first-order valence-corrected chi connectivity index (χ1v) is 8.56. The molecule has 2 N–H and O–H groups in total. The molecule has 2 rings (SSSR count). The Kier molecular flexibility index (Phi) is 6.51. The number of nitrogens with zero attached hydrogens (tertiary/aromatic N) is 1. The van der Waals surface area contributed by atoms with Crippen LogP contribution < -0.4 is 10.6 Å². The number of nitriles is 1. The molecule has 0 aliphatic carbocycles. The lowest BCUT2D eigenvalue weighted by atomic mass is 10.1. The van der Waals surface area contributed by atoms with Crippen LogP contribution in [0.4, 0.5) is 11.4 Å². The molecule has 5 heteroatoms. The maximum atomic E-state index is 11.9. The van der Waals surface area contributed by atoms with Crippen LogP contribution in [0.3, 0.4) is 0 Å². The third kappa shape index (κ3) is 5.45. The molecular weight excluding hydrogens is 326 g/mol. The first kappa shape index (κ1) is 19.2. The van der Waals surface area contributed by atoms with Crippen molar-refractivity contribution >= 4 is 23.1 Å². The highest BCUT2D eigenvalue weighted by molar-refractivity contribution is 5.99. The van der Waals surface area contributed by atoms with Gasteiger partial charge in [0.25, 0.3) is 0 Å². The second-order valence-corrected chi connectivity index (χ2v) is 6.63. The minimum Gasteiger partial charge on any atom is -0.380 e. The largest absolute Gasteiger partial charge is 0.380 e. The summed E-state index contributed by atoms with van der Waals surface area (Å²) in [6.45, 7) is 5.98. The number of ketones is 1. The van der Waals surface area contributed by atoms with Crippen LogP contribution in [0.2, 0.25) is 0 Å². The van der Waals surface area contributed by atoms with E-state index >= 15 is 0 Å². The van der Waals surface area contributed by atoms with Gasteiger partial charge in [-0.3, -0.25) is 9.59 Å². The molecule has 0 saturated carbocycles. The van der Waals surface area contributed by atoms with Crippen LogP contribution in [0, 0.1) is 17.2 Å². The van der Waals surface area contributed by atoms with E-state index in [1.54, 1.807) is 18.2 Å². The van der Waals surface area contributed by atoms with Gasteiger partial charge in [-0.15, -0.1) is 0 Å². The molecule has 2 aromatic carbocycles. The van der Waals surface area contributed by atoms with Gasteiger partial charge in [-0.2, -0.15) is 5.26 Å². The van der Waals surface area contributed by atoms with Gasteiger partial charge in [0, 0.05) is 29.9 Å². The van der Waals surface area contributed by atoms with E-state index in [1.807, 2.05) is 38.1 Å². The topological polar surface area (TPSA) is 82.0 Å². The highest BCUT2D eigenvalue weighted by atomic mass is 16.1. The monoisotopic (exact) mass is 349 g/mol. The molecule has 0 aliphatic rings. The van der Waals surface area contributed by atoms with E-state index in [1.165, 1.54) is 6.92 Å². The van der Waals surface area contributed by atoms with Gasteiger partial charge in [-0.25, -0.2) is 0 Å². The fourth-order valence-corrected chi connectivity index (χ4v) is 2.61. The molecule has 0 aliphatic heterocycles. The lowest BCUT2D eigenvalue weighted by Crippen LogP contribution is -2.14.